The van der Waals surface area contributed by atoms with E-state index in [0.29, 0.717) is 13.0 Å². The molecule has 0 saturated carbocycles. The summed E-state index contributed by atoms with van der Waals surface area (Å²) in [6.07, 6.45) is 2.27. The van der Waals surface area contributed by atoms with Gasteiger partial charge in [0.1, 0.15) is 11.4 Å². The molecule has 0 bridgehead atoms. The van der Waals surface area contributed by atoms with E-state index in [0.717, 1.165) is 16.9 Å². The van der Waals surface area contributed by atoms with Crippen molar-refractivity contribution in [2.45, 2.75) is 32.8 Å². The first-order valence-electron chi connectivity index (χ1n) is 6.17. The van der Waals surface area contributed by atoms with Crippen LogP contribution in [0.2, 0.25) is 0 Å². The van der Waals surface area contributed by atoms with Gasteiger partial charge in [-0.1, -0.05) is 18.2 Å². The number of hydrogen-bond donors (Lipinski definition) is 0. The predicted octanol–water partition coefficient (Wildman–Crippen LogP) is 3.19. The minimum Gasteiger partial charge on any atom is -0.487 e. The van der Waals surface area contributed by atoms with Crippen LogP contribution in [-0.4, -0.2) is 18.2 Å². The largest absolute Gasteiger partial charge is 0.487 e. The summed E-state index contributed by atoms with van der Waals surface area (Å²) in [5.41, 5.74) is 1.65. The minimum atomic E-state index is -0.299. The van der Waals surface area contributed by atoms with Gasteiger partial charge in [-0.2, -0.15) is 0 Å². The highest BCUT2D eigenvalue weighted by atomic mass is 16.5. The topological polar surface area (TPSA) is 35.5 Å². The van der Waals surface area contributed by atoms with Gasteiger partial charge in [0.05, 0.1) is 6.61 Å². The predicted molar refractivity (Wildman–Crippen MR) is 70.4 cm³/mol. The van der Waals surface area contributed by atoms with E-state index >= 15 is 0 Å². The first kappa shape index (κ1) is 12.7. The molecule has 1 aromatic carbocycles. The van der Waals surface area contributed by atoms with Crippen LogP contribution in [0.3, 0.4) is 0 Å². The summed E-state index contributed by atoms with van der Waals surface area (Å²) in [5.74, 6) is 0.532. The third-order valence-corrected chi connectivity index (χ3v) is 2.81. The molecule has 1 aliphatic heterocycles. The van der Waals surface area contributed by atoms with Gasteiger partial charge in [-0.3, -0.25) is 0 Å². The quantitative estimate of drug-likeness (QED) is 0.594. The molecule has 2 rings (SSSR count). The molecule has 0 N–H and O–H groups in total. The second kappa shape index (κ2) is 4.84. The number of hydrogen-bond acceptors (Lipinski definition) is 3. The molecule has 96 valence electrons. The average molecular weight is 246 g/mol. The number of esters is 1. The van der Waals surface area contributed by atoms with Crippen molar-refractivity contribution in [3.8, 4) is 5.75 Å². The zero-order chi connectivity index (χ0) is 13.2. The van der Waals surface area contributed by atoms with E-state index in [1.54, 1.807) is 13.0 Å². The molecule has 0 unspecified atom stereocenters. The third-order valence-electron chi connectivity index (χ3n) is 2.81. The molecular weight excluding hydrogens is 228 g/mol. The fourth-order valence-corrected chi connectivity index (χ4v) is 2.16. The Kier molecular flexibility index (Phi) is 3.41. The third kappa shape index (κ3) is 2.73. The second-order valence-corrected chi connectivity index (χ2v) is 4.96. The van der Waals surface area contributed by atoms with Crippen LogP contribution in [-0.2, 0) is 9.53 Å². The Morgan fingerprint density at radius 2 is 2.17 bits per heavy atom. The minimum absolute atomic E-state index is 0.292. The smallest absolute Gasteiger partial charge is 0.331 e. The molecule has 18 heavy (non-hydrogen) atoms. The van der Waals surface area contributed by atoms with Crippen LogP contribution >= 0.6 is 0 Å². The van der Waals surface area contributed by atoms with Crippen molar-refractivity contribution in [2.75, 3.05) is 6.61 Å². The van der Waals surface area contributed by atoms with Crippen molar-refractivity contribution < 1.29 is 14.3 Å². The zero-order valence-electron chi connectivity index (χ0n) is 11.0. The fraction of sp³-hybridized carbons (Fsp3) is 0.400. The lowest BCUT2D eigenvalue weighted by Gasteiger charge is -2.34. The normalized spacial score (nSPS) is 18.9. The second-order valence-electron chi connectivity index (χ2n) is 4.96. The van der Waals surface area contributed by atoms with Gasteiger partial charge in [0.2, 0.25) is 0 Å². The average Bonchev–Trinajstić information content (AvgIpc) is 2.27. The summed E-state index contributed by atoms with van der Waals surface area (Å²) in [5, 5.41) is 0. The highest BCUT2D eigenvalue weighted by molar-refractivity contribution is 5.92. The summed E-state index contributed by atoms with van der Waals surface area (Å²) < 4.78 is 10.9. The highest BCUT2D eigenvalue weighted by Gasteiger charge is 2.30. The molecule has 0 radical (unpaired) electrons. The van der Waals surface area contributed by atoms with Gasteiger partial charge in [-0.05, 0) is 32.4 Å². The Morgan fingerprint density at radius 3 is 2.89 bits per heavy atom. The lowest BCUT2D eigenvalue weighted by Crippen LogP contribution is -2.32. The highest BCUT2D eigenvalue weighted by Crippen LogP contribution is 2.39. The number of carbonyl (C=O) groups is 1. The standard InChI is InChI=1S/C15H18O3/c1-4-17-14(16)9-11-10-15(2,3)18-13-8-6-5-7-12(11)13/h5-9H,4,10H2,1-3H3. The Hall–Kier alpha value is -1.77. The van der Waals surface area contributed by atoms with Gasteiger partial charge < -0.3 is 9.47 Å². The number of para-hydroxylation sites is 1. The number of carbonyl (C=O) groups excluding carboxylic acids is 1. The Labute approximate surface area is 107 Å². The zero-order valence-corrected chi connectivity index (χ0v) is 11.0. The first-order chi connectivity index (χ1) is 8.52. The van der Waals surface area contributed by atoms with Crippen LogP contribution in [0.4, 0.5) is 0 Å². The van der Waals surface area contributed by atoms with Crippen LogP contribution < -0.4 is 4.74 Å². The van der Waals surface area contributed by atoms with E-state index < -0.39 is 0 Å². The summed E-state index contributed by atoms with van der Waals surface area (Å²) in [4.78, 5) is 11.6. The molecule has 1 aromatic rings. The van der Waals surface area contributed by atoms with Crippen molar-refractivity contribution in [3.63, 3.8) is 0 Å². The van der Waals surface area contributed by atoms with Crippen molar-refractivity contribution in [1.82, 2.24) is 0 Å². The van der Waals surface area contributed by atoms with Crippen LogP contribution in [0.25, 0.3) is 5.57 Å². The van der Waals surface area contributed by atoms with E-state index in [-0.39, 0.29) is 11.6 Å². The number of benzene rings is 1. The first-order valence-corrected chi connectivity index (χ1v) is 6.17. The van der Waals surface area contributed by atoms with E-state index in [1.807, 2.05) is 38.1 Å². The lowest BCUT2D eigenvalue weighted by molar-refractivity contribution is -0.137. The van der Waals surface area contributed by atoms with Gasteiger partial charge in [0, 0.05) is 18.1 Å². The van der Waals surface area contributed by atoms with Crippen molar-refractivity contribution in [2.24, 2.45) is 0 Å². The molecular formula is C15H18O3. The molecule has 0 fully saturated rings. The van der Waals surface area contributed by atoms with Crippen LogP contribution in [0.15, 0.2) is 30.3 Å². The number of rotatable bonds is 2. The van der Waals surface area contributed by atoms with Gasteiger partial charge >= 0.3 is 5.97 Å². The van der Waals surface area contributed by atoms with Crippen LogP contribution in [0.5, 0.6) is 5.75 Å². The Morgan fingerprint density at radius 1 is 1.44 bits per heavy atom. The monoisotopic (exact) mass is 246 g/mol. The van der Waals surface area contributed by atoms with E-state index in [4.69, 9.17) is 9.47 Å². The molecule has 0 amide bonds. The Bertz CT molecular complexity index is 486. The SMILES string of the molecule is CCOC(=O)C=C1CC(C)(C)Oc2ccccc21. The van der Waals surface area contributed by atoms with Crippen molar-refractivity contribution in [1.29, 1.82) is 0 Å². The molecule has 3 nitrogen and oxygen atoms in total. The molecule has 0 aromatic heterocycles. The maximum Gasteiger partial charge on any atom is 0.331 e. The molecule has 1 aliphatic rings. The van der Waals surface area contributed by atoms with E-state index in [9.17, 15) is 4.79 Å². The molecule has 0 spiro atoms. The number of ether oxygens (including phenoxy) is 2. The van der Waals surface area contributed by atoms with Crippen LogP contribution in [0, 0.1) is 0 Å². The van der Waals surface area contributed by atoms with Crippen molar-refractivity contribution >= 4 is 11.5 Å². The lowest BCUT2D eigenvalue weighted by atomic mass is 9.89. The van der Waals surface area contributed by atoms with Crippen molar-refractivity contribution in [3.05, 3.63) is 35.9 Å². The number of fused-ring (bicyclic) bond motifs is 1. The molecule has 0 atom stereocenters. The van der Waals surface area contributed by atoms with Gasteiger partial charge in [0.15, 0.2) is 0 Å². The maximum atomic E-state index is 11.6. The van der Waals surface area contributed by atoms with Gasteiger partial charge in [-0.15, -0.1) is 0 Å². The summed E-state index contributed by atoms with van der Waals surface area (Å²) >= 11 is 0. The summed E-state index contributed by atoms with van der Waals surface area (Å²) in [7, 11) is 0. The molecule has 0 aliphatic carbocycles. The van der Waals surface area contributed by atoms with Gasteiger partial charge in [-0.25, -0.2) is 4.79 Å². The van der Waals surface area contributed by atoms with Gasteiger partial charge in [0.25, 0.3) is 0 Å². The van der Waals surface area contributed by atoms with E-state index in [1.165, 1.54) is 0 Å². The van der Waals surface area contributed by atoms with Crippen LogP contribution in [0.1, 0.15) is 32.8 Å². The fourth-order valence-electron chi connectivity index (χ4n) is 2.16. The maximum absolute atomic E-state index is 11.6. The molecule has 1 heterocycles. The summed E-state index contributed by atoms with van der Waals surface area (Å²) in [6.45, 7) is 6.23. The summed E-state index contributed by atoms with van der Waals surface area (Å²) in [6, 6.07) is 7.77. The molecule has 0 saturated heterocycles. The molecule has 3 heteroatoms. The van der Waals surface area contributed by atoms with E-state index in [2.05, 4.69) is 0 Å². The Balaban J connectivity index is 2.38.